The molecule has 1 saturated heterocycles. The molecule has 104 valence electrons. The Hall–Kier alpha value is -0.0900. The number of nitrogens with zero attached hydrogens (tertiary/aromatic N) is 1. The highest BCUT2D eigenvalue weighted by Crippen LogP contribution is 2.39. The van der Waals surface area contributed by atoms with Crippen LogP contribution in [0.4, 0.5) is 0 Å². The summed E-state index contributed by atoms with van der Waals surface area (Å²) in [5.74, 6) is 0.860. The van der Waals surface area contributed by atoms with Crippen LogP contribution in [-0.4, -0.2) is 30.6 Å². The molecule has 2 aliphatic carbocycles. The molecule has 1 aromatic heterocycles. The first-order valence-electron chi connectivity index (χ1n) is 7.55. The minimum absolute atomic E-state index is 0.564. The number of halogens is 1. The number of aryl methyl sites for hydroxylation is 1. The van der Waals surface area contributed by atoms with Gasteiger partial charge in [-0.05, 0) is 62.7 Å². The SMILES string of the molecule is Clc1cc2c(s1)CCC2NCC1CCN(C2CC2)C1. The van der Waals surface area contributed by atoms with E-state index in [4.69, 9.17) is 11.6 Å². The number of likely N-dealkylation sites (tertiary alicyclic amines) is 1. The van der Waals surface area contributed by atoms with Gasteiger partial charge in [0.15, 0.2) is 0 Å². The number of fused-ring (bicyclic) bond motifs is 1. The highest BCUT2D eigenvalue weighted by atomic mass is 35.5. The highest BCUT2D eigenvalue weighted by Gasteiger charge is 2.34. The van der Waals surface area contributed by atoms with Crippen LogP contribution in [0.15, 0.2) is 6.07 Å². The fourth-order valence-electron chi connectivity index (χ4n) is 3.65. The first-order chi connectivity index (χ1) is 9.29. The van der Waals surface area contributed by atoms with Gasteiger partial charge in [0.1, 0.15) is 0 Å². The van der Waals surface area contributed by atoms with Crippen LogP contribution in [0.5, 0.6) is 0 Å². The van der Waals surface area contributed by atoms with E-state index in [0.717, 1.165) is 16.3 Å². The van der Waals surface area contributed by atoms with E-state index >= 15 is 0 Å². The van der Waals surface area contributed by atoms with Crippen LogP contribution < -0.4 is 5.32 Å². The van der Waals surface area contributed by atoms with Crippen LogP contribution in [0, 0.1) is 5.92 Å². The summed E-state index contributed by atoms with van der Waals surface area (Å²) in [7, 11) is 0. The summed E-state index contributed by atoms with van der Waals surface area (Å²) in [6.45, 7) is 3.83. The summed E-state index contributed by atoms with van der Waals surface area (Å²) in [5.41, 5.74) is 1.48. The smallest absolute Gasteiger partial charge is 0.0934 e. The van der Waals surface area contributed by atoms with Crippen molar-refractivity contribution in [1.82, 2.24) is 10.2 Å². The predicted molar refractivity (Wildman–Crippen MR) is 81.1 cm³/mol. The summed E-state index contributed by atoms with van der Waals surface area (Å²) in [4.78, 5) is 4.21. The molecule has 2 nitrogen and oxygen atoms in total. The molecular formula is C15H21ClN2S. The lowest BCUT2D eigenvalue weighted by Gasteiger charge is -2.18. The molecule has 4 heteroatoms. The van der Waals surface area contributed by atoms with E-state index in [1.165, 1.54) is 62.2 Å². The third-order valence-electron chi connectivity index (χ3n) is 4.88. The Kier molecular flexibility index (Phi) is 3.34. The minimum atomic E-state index is 0.564. The molecule has 0 bridgehead atoms. The molecule has 2 fully saturated rings. The van der Waals surface area contributed by atoms with Gasteiger partial charge in [0.05, 0.1) is 4.34 Å². The van der Waals surface area contributed by atoms with Crippen molar-refractivity contribution >= 4 is 22.9 Å². The van der Waals surface area contributed by atoms with Crippen molar-refractivity contribution < 1.29 is 0 Å². The van der Waals surface area contributed by atoms with Crippen molar-refractivity contribution in [3.05, 3.63) is 20.8 Å². The Labute approximate surface area is 124 Å². The van der Waals surface area contributed by atoms with E-state index in [0.29, 0.717) is 6.04 Å². The van der Waals surface area contributed by atoms with Gasteiger partial charge in [0.2, 0.25) is 0 Å². The Morgan fingerprint density at radius 1 is 1.32 bits per heavy atom. The Morgan fingerprint density at radius 3 is 3.05 bits per heavy atom. The molecule has 1 aromatic rings. The van der Waals surface area contributed by atoms with Crippen LogP contribution in [0.2, 0.25) is 4.34 Å². The first-order valence-corrected chi connectivity index (χ1v) is 8.74. The van der Waals surface area contributed by atoms with Crippen molar-refractivity contribution in [3.8, 4) is 0 Å². The maximum absolute atomic E-state index is 6.12. The second-order valence-corrected chi connectivity index (χ2v) is 8.08. The molecule has 1 saturated carbocycles. The molecule has 0 amide bonds. The maximum Gasteiger partial charge on any atom is 0.0934 e. The van der Waals surface area contributed by atoms with Gasteiger partial charge in [-0.1, -0.05) is 11.6 Å². The Balaban J connectivity index is 1.31. The van der Waals surface area contributed by atoms with E-state index in [9.17, 15) is 0 Å². The first kappa shape index (κ1) is 12.6. The number of hydrogen-bond donors (Lipinski definition) is 1. The second kappa shape index (κ2) is 5.03. The van der Waals surface area contributed by atoms with Crippen molar-refractivity contribution in [2.75, 3.05) is 19.6 Å². The molecular weight excluding hydrogens is 276 g/mol. The maximum atomic E-state index is 6.12. The van der Waals surface area contributed by atoms with Gasteiger partial charge >= 0.3 is 0 Å². The van der Waals surface area contributed by atoms with Crippen LogP contribution in [0.25, 0.3) is 0 Å². The lowest BCUT2D eigenvalue weighted by Crippen LogP contribution is -2.29. The van der Waals surface area contributed by atoms with Crippen molar-refractivity contribution in [3.63, 3.8) is 0 Å². The van der Waals surface area contributed by atoms with Crippen LogP contribution in [0.3, 0.4) is 0 Å². The zero-order valence-electron chi connectivity index (χ0n) is 11.2. The van der Waals surface area contributed by atoms with Crippen molar-refractivity contribution in [2.45, 2.75) is 44.2 Å². The second-order valence-electron chi connectivity index (χ2n) is 6.31. The third kappa shape index (κ3) is 2.58. The van der Waals surface area contributed by atoms with E-state index in [1.807, 2.05) is 0 Å². The third-order valence-corrected chi connectivity index (χ3v) is 6.22. The van der Waals surface area contributed by atoms with Gasteiger partial charge in [-0.25, -0.2) is 0 Å². The van der Waals surface area contributed by atoms with Crippen molar-refractivity contribution in [1.29, 1.82) is 0 Å². The topological polar surface area (TPSA) is 15.3 Å². The lowest BCUT2D eigenvalue weighted by molar-refractivity contribution is 0.309. The van der Waals surface area contributed by atoms with Gasteiger partial charge < -0.3 is 10.2 Å². The quantitative estimate of drug-likeness (QED) is 0.915. The van der Waals surface area contributed by atoms with Crippen LogP contribution in [0.1, 0.15) is 42.2 Å². The summed E-state index contributed by atoms with van der Waals surface area (Å²) in [6, 6.07) is 3.68. The molecule has 0 spiro atoms. The molecule has 3 aliphatic rings. The van der Waals surface area contributed by atoms with Gasteiger partial charge in [0.25, 0.3) is 0 Å². The standard InChI is InChI=1S/C15H21ClN2S/c16-15-7-12-13(3-4-14(12)19-15)17-8-10-5-6-18(9-10)11-1-2-11/h7,10-11,13,17H,1-6,8-9H2. The summed E-state index contributed by atoms with van der Waals surface area (Å²) in [5, 5.41) is 3.79. The normalized spacial score (nSPS) is 31.0. The van der Waals surface area contributed by atoms with Gasteiger partial charge in [0, 0.05) is 23.5 Å². The molecule has 1 N–H and O–H groups in total. The van der Waals surface area contributed by atoms with Gasteiger partial charge in [-0.15, -0.1) is 11.3 Å². The Bertz CT molecular complexity index is 469. The monoisotopic (exact) mass is 296 g/mol. The van der Waals surface area contributed by atoms with Crippen molar-refractivity contribution in [2.24, 2.45) is 5.92 Å². The molecule has 1 aliphatic heterocycles. The molecule has 4 rings (SSSR count). The van der Waals surface area contributed by atoms with Gasteiger partial charge in [-0.3, -0.25) is 0 Å². The van der Waals surface area contributed by atoms with Gasteiger partial charge in [-0.2, -0.15) is 0 Å². The molecule has 0 radical (unpaired) electrons. The van der Waals surface area contributed by atoms with Crippen LogP contribution in [-0.2, 0) is 6.42 Å². The minimum Gasteiger partial charge on any atom is -0.310 e. The molecule has 2 heterocycles. The Morgan fingerprint density at radius 2 is 2.21 bits per heavy atom. The number of nitrogens with one attached hydrogen (secondary N) is 1. The summed E-state index contributed by atoms with van der Waals surface area (Å²) < 4.78 is 0.956. The average molecular weight is 297 g/mol. The average Bonchev–Trinajstić information content (AvgIpc) is 2.85. The van der Waals surface area contributed by atoms with Crippen LogP contribution >= 0.6 is 22.9 Å². The fourth-order valence-corrected chi connectivity index (χ4v) is 5.01. The number of hydrogen-bond acceptors (Lipinski definition) is 3. The molecule has 0 aromatic carbocycles. The van der Waals surface area contributed by atoms with E-state index in [2.05, 4.69) is 16.3 Å². The zero-order chi connectivity index (χ0) is 12.8. The van der Waals surface area contributed by atoms with E-state index in [-0.39, 0.29) is 0 Å². The summed E-state index contributed by atoms with van der Waals surface area (Å²) >= 11 is 7.88. The van der Waals surface area contributed by atoms with E-state index in [1.54, 1.807) is 11.3 Å². The lowest BCUT2D eigenvalue weighted by atomic mass is 10.1. The molecule has 2 unspecified atom stereocenters. The van der Waals surface area contributed by atoms with E-state index < -0.39 is 0 Å². The molecule has 2 atom stereocenters. The summed E-state index contributed by atoms with van der Waals surface area (Å²) in [6.07, 6.45) is 6.74. The highest BCUT2D eigenvalue weighted by molar-refractivity contribution is 7.16. The fraction of sp³-hybridized carbons (Fsp3) is 0.733. The number of rotatable bonds is 4. The molecule has 19 heavy (non-hydrogen) atoms. The number of thiophene rings is 1. The largest absolute Gasteiger partial charge is 0.310 e. The zero-order valence-corrected chi connectivity index (χ0v) is 12.8. The predicted octanol–water partition coefficient (Wildman–Crippen LogP) is 3.46.